The van der Waals surface area contributed by atoms with Gasteiger partial charge in [0.1, 0.15) is 0 Å². The Morgan fingerprint density at radius 3 is 1.88 bits per heavy atom. The molecule has 0 aromatic heterocycles. The zero-order valence-electron chi connectivity index (χ0n) is 16.6. The summed E-state index contributed by atoms with van der Waals surface area (Å²) in [5.41, 5.74) is 1.59. The van der Waals surface area contributed by atoms with Crippen molar-refractivity contribution in [3.05, 3.63) is 34.9 Å². The Labute approximate surface area is 158 Å². The van der Waals surface area contributed by atoms with Crippen LogP contribution in [0, 0.1) is 0 Å². The third-order valence-corrected chi connectivity index (χ3v) is 4.33. The predicted molar refractivity (Wildman–Crippen MR) is 105 cm³/mol. The lowest BCUT2D eigenvalue weighted by atomic mass is 10.0. The van der Waals surface area contributed by atoms with Crippen LogP contribution in [0.2, 0.25) is 0 Å². The van der Waals surface area contributed by atoms with Gasteiger partial charge < -0.3 is 9.47 Å². The third kappa shape index (κ3) is 8.50. The molecule has 0 saturated carbocycles. The molecule has 0 aromatic carbocycles. The number of carbonyl (C=O) groups is 2. The Bertz CT molecular complexity index is 540. The first-order valence-corrected chi connectivity index (χ1v) is 10.0. The van der Waals surface area contributed by atoms with Gasteiger partial charge >= 0.3 is 11.9 Å². The van der Waals surface area contributed by atoms with E-state index in [1.54, 1.807) is 12.2 Å². The molecule has 0 aromatic rings. The molecule has 26 heavy (non-hydrogen) atoms. The molecule has 0 aliphatic heterocycles. The maximum Gasteiger partial charge on any atom is 0.339 e. The quantitative estimate of drug-likeness (QED) is 0.343. The molecule has 0 N–H and O–H groups in total. The molecule has 0 saturated heterocycles. The number of rotatable bonds is 12. The van der Waals surface area contributed by atoms with E-state index in [0.717, 1.165) is 56.9 Å². The van der Waals surface area contributed by atoms with Crippen LogP contribution in [0.4, 0.5) is 0 Å². The minimum Gasteiger partial charge on any atom is -0.462 e. The van der Waals surface area contributed by atoms with Gasteiger partial charge in [-0.1, -0.05) is 70.1 Å². The van der Waals surface area contributed by atoms with Gasteiger partial charge in [0, 0.05) is 0 Å². The van der Waals surface area contributed by atoms with Crippen LogP contribution in [-0.4, -0.2) is 25.2 Å². The standard InChI is InChI=1S/C22H34O4/c1-4-6-8-10-15-25-21(23)19-14-12-13-18(3)17-20(19)22(24)26-16-11-9-7-5-2/h13-14,17H,4-12,15-16H2,1-3H3. The van der Waals surface area contributed by atoms with Crippen molar-refractivity contribution in [1.82, 2.24) is 0 Å². The summed E-state index contributed by atoms with van der Waals surface area (Å²) in [4.78, 5) is 25.0. The van der Waals surface area contributed by atoms with Crippen LogP contribution in [0.1, 0.15) is 78.6 Å². The summed E-state index contributed by atoms with van der Waals surface area (Å²) >= 11 is 0. The van der Waals surface area contributed by atoms with Crippen LogP contribution >= 0.6 is 0 Å². The van der Waals surface area contributed by atoms with Crippen molar-refractivity contribution in [2.75, 3.05) is 13.2 Å². The normalized spacial score (nSPS) is 14.0. The van der Waals surface area contributed by atoms with Gasteiger partial charge in [0.15, 0.2) is 0 Å². The highest BCUT2D eigenvalue weighted by atomic mass is 16.5. The second-order valence-electron chi connectivity index (χ2n) is 6.75. The van der Waals surface area contributed by atoms with E-state index in [2.05, 4.69) is 13.8 Å². The number of ether oxygens (including phenoxy) is 2. The van der Waals surface area contributed by atoms with Crippen molar-refractivity contribution < 1.29 is 19.1 Å². The lowest BCUT2D eigenvalue weighted by molar-refractivity contribution is -0.142. The molecule has 0 heterocycles. The fourth-order valence-corrected chi connectivity index (χ4v) is 2.74. The average molecular weight is 363 g/mol. The highest BCUT2D eigenvalue weighted by Gasteiger charge is 2.24. The highest BCUT2D eigenvalue weighted by Crippen LogP contribution is 2.21. The van der Waals surface area contributed by atoms with Crippen molar-refractivity contribution in [1.29, 1.82) is 0 Å². The van der Waals surface area contributed by atoms with Gasteiger partial charge in [-0.05, 0) is 32.3 Å². The van der Waals surface area contributed by atoms with E-state index in [1.807, 2.05) is 13.0 Å². The molecule has 1 aliphatic carbocycles. The number of unbranched alkanes of at least 4 members (excludes halogenated alkanes) is 6. The summed E-state index contributed by atoms with van der Waals surface area (Å²) in [6.45, 7) is 6.98. The van der Waals surface area contributed by atoms with Crippen LogP contribution in [0.25, 0.3) is 0 Å². The molecule has 0 fully saturated rings. The smallest absolute Gasteiger partial charge is 0.339 e. The van der Waals surface area contributed by atoms with Crippen LogP contribution in [-0.2, 0) is 19.1 Å². The van der Waals surface area contributed by atoms with Gasteiger partial charge in [-0.3, -0.25) is 0 Å². The Morgan fingerprint density at radius 1 is 0.808 bits per heavy atom. The molecular formula is C22H34O4. The first kappa shape index (κ1) is 22.2. The first-order valence-electron chi connectivity index (χ1n) is 10.0. The lowest BCUT2D eigenvalue weighted by Crippen LogP contribution is -2.18. The number of allylic oxidation sites excluding steroid dienone is 4. The van der Waals surface area contributed by atoms with E-state index in [9.17, 15) is 9.59 Å². The summed E-state index contributed by atoms with van der Waals surface area (Å²) < 4.78 is 10.8. The molecule has 4 heteroatoms. The van der Waals surface area contributed by atoms with Gasteiger partial charge in [-0.15, -0.1) is 0 Å². The van der Waals surface area contributed by atoms with Gasteiger partial charge in [0.05, 0.1) is 24.4 Å². The minimum atomic E-state index is -0.440. The second kappa shape index (κ2) is 13.4. The van der Waals surface area contributed by atoms with Crippen LogP contribution in [0.3, 0.4) is 0 Å². The molecule has 0 unspecified atom stereocenters. The number of hydrogen-bond acceptors (Lipinski definition) is 4. The van der Waals surface area contributed by atoms with Crippen molar-refractivity contribution in [3.63, 3.8) is 0 Å². The number of hydrogen-bond donors (Lipinski definition) is 0. The molecule has 0 spiro atoms. The van der Waals surface area contributed by atoms with Crippen molar-refractivity contribution in [2.24, 2.45) is 0 Å². The fourth-order valence-electron chi connectivity index (χ4n) is 2.74. The molecule has 1 aliphatic rings. The van der Waals surface area contributed by atoms with Crippen molar-refractivity contribution >= 4 is 11.9 Å². The summed E-state index contributed by atoms with van der Waals surface area (Å²) in [7, 11) is 0. The Morgan fingerprint density at radius 2 is 1.35 bits per heavy atom. The van der Waals surface area contributed by atoms with E-state index in [-0.39, 0.29) is 0 Å². The second-order valence-corrected chi connectivity index (χ2v) is 6.75. The molecule has 1 rings (SSSR count). The van der Waals surface area contributed by atoms with E-state index in [1.165, 1.54) is 0 Å². The predicted octanol–water partition coefficient (Wildman–Crippen LogP) is 5.44. The number of esters is 2. The van der Waals surface area contributed by atoms with Gasteiger partial charge in [0.2, 0.25) is 0 Å². The zero-order chi connectivity index (χ0) is 19.2. The molecule has 0 radical (unpaired) electrons. The van der Waals surface area contributed by atoms with Gasteiger partial charge in [-0.2, -0.15) is 0 Å². The Hall–Kier alpha value is -1.84. The molecular weight excluding hydrogens is 328 g/mol. The zero-order valence-corrected chi connectivity index (χ0v) is 16.6. The SMILES string of the molecule is CCCCCCOC(=O)C1=CCC=C(C)C=C1C(=O)OCCCCCC. The topological polar surface area (TPSA) is 52.6 Å². The summed E-state index contributed by atoms with van der Waals surface area (Å²) in [5.74, 6) is -0.871. The summed E-state index contributed by atoms with van der Waals surface area (Å²) in [6, 6.07) is 0. The minimum absolute atomic E-state index is 0.310. The van der Waals surface area contributed by atoms with Crippen LogP contribution in [0.15, 0.2) is 34.9 Å². The third-order valence-electron chi connectivity index (χ3n) is 4.33. The molecule has 0 bridgehead atoms. The van der Waals surface area contributed by atoms with Gasteiger partial charge in [0.25, 0.3) is 0 Å². The summed E-state index contributed by atoms with van der Waals surface area (Å²) in [6.07, 6.45) is 14.4. The summed E-state index contributed by atoms with van der Waals surface area (Å²) in [5, 5.41) is 0. The van der Waals surface area contributed by atoms with Crippen LogP contribution in [0.5, 0.6) is 0 Å². The maximum absolute atomic E-state index is 12.5. The Balaban J connectivity index is 2.63. The van der Waals surface area contributed by atoms with Crippen molar-refractivity contribution in [2.45, 2.75) is 78.6 Å². The van der Waals surface area contributed by atoms with E-state index < -0.39 is 11.9 Å². The number of carbonyl (C=O) groups excluding carboxylic acids is 2. The maximum atomic E-state index is 12.5. The molecule has 0 amide bonds. The largest absolute Gasteiger partial charge is 0.462 e. The van der Waals surface area contributed by atoms with E-state index >= 15 is 0 Å². The Kier molecular flexibility index (Phi) is 11.4. The van der Waals surface area contributed by atoms with Gasteiger partial charge in [-0.25, -0.2) is 9.59 Å². The van der Waals surface area contributed by atoms with E-state index in [4.69, 9.17) is 9.47 Å². The van der Waals surface area contributed by atoms with E-state index in [0.29, 0.717) is 30.8 Å². The molecule has 146 valence electrons. The average Bonchev–Trinajstić information content (AvgIpc) is 2.82. The van der Waals surface area contributed by atoms with Crippen molar-refractivity contribution in [3.8, 4) is 0 Å². The first-order chi connectivity index (χ1) is 12.6. The fraction of sp³-hybridized carbons (Fsp3) is 0.636. The monoisotopic (exact) mass is 362 g/mol. The van der Waals surface area contributed by atoms with Crippen LogP contribution < -0.4 is 0 Å². The molecule has 0 atom stereocenters. The highest BCUT2D eigenvalue weighted by molar-refractivity contribution is 6.07. The lowest BCUT2D eigenvalue weighted by Gasteiger charge is -2.12. The molecule has 4 nitrogen and oxygen atoms in total.